The molecule has 344 valence electrons. The van der Waals surface area contributed by atoms with Crippen LogP contribution in [-0.2, 0) is 31.1 Å². The first-order valence-electron chi connectivity index (χ1n) is 24.8. The molecule has 8 aromatic rings. The average Bonchev–Trinajstić information content (AvgIpc) is 4.17. The van der Waals surface area contributed by atoms with E-state index < -0.39 is 5.41 Å². The van der Waals surface area contributed by atoms with Crippen LogP contribution in [0.1, 0.15) is 169 Å². The maximum absolute atomic E-state index is 2.50. The van der Waals surface area contributed by atoms with Crippen molar-refractivity contribution in [2.24, 2.45) is 0 Å². The van der Waals surface area contributed by atoms with Crippen LogP contribution < -0.4 is 0 Å². The third-order valence-corrected chi connectivity index (χ3v) is 22.8. The highest BCUT2D eigenvalue weighted by Gasteiger charge is 2.44. The first-order valence-corrected chi connectivity index (χ1v) is 31.3. The van der Waals surface area contributed by atoms with Gasteiger partial charge in [-0.15, -0.1) is 90.7 Å². The van der Waals surface area contributed by atoms with Crippen molar-refractivity contribution >= 4 is 90.7 Å². The molecular weight excluding hydrogens is 941 g/mol. The van der Waals surface area contributed by atoms with E-state index in [4.69, 9.17) is 0 Å². The third kappa shape index (κ3) is 12.3. The lowest BCUT2D eigenvalue weighted by molar-refractivity contribution is 0.670. The fourth-order valence-corrected chi connectivity index (χ4v) is 18.8. The van der Waals surface area contributed by atoms with E-state index in [2.05, 4.69) is 125 Å². The van der Waals surface area contributed by atoms with Crippen LogP contribution >= 0.6 is 90.7 Å². The molecule has 0 N–H and O–H groups in total. The molecule has 0 fully saturated rings. The molecule has 0 saturated heterocycles. The Balaban J connectivity index is 1.22. The van der Waals surface area contributed by atoms with E-state index in [0.29, 0.717) is 0 Å². The van der Waals surface area contributed by atoms with Gasteiger partial charge in [0.25, 0.3) is 0 Å². The number of hydrogen-bond acceptors (Lipinski definition) is 8. The number of aryl methyl sites for hydroxylation is 4. The highest BCUT2D eigenvalue weighted by molar-refractivity contribution is 7.26. The van der Waals surface area contributed by atoms with Crippen molar-refractivity contribution in [1.82, 2.24) is 0 Å². The van der Waals surface area contributed by atoms with Crippen LogP contribution in [-0.4, -0.2) is 0 Å². The summed E-state index contributed by atoms with van der Waals surface area (Å²) in [5, 5.41) is 0. The zero-order valence-electron chi connectivity index (χ0n) is 39.1. The van der Waals surface area contributed by atoms with Gasteiger partial charge in [0.2, 0.25) is 0 Å². The van der Waals surface area contributed by atoms with Crippen LogP contribution in [0.15, 0.2) is 97.1 Å². The van der Waals surface area contributed by atoms with E-state index in [1.54, 1.807) is 0 Å². The van der Waals surface area contributed by atoms with Crippen molar-refractivity contribution in [3.05, 3.63) is 136 Å². The van der Waals surface area contributed by atoms with Crippen LogP contribution in [0.3, 0.4) is 0 Å². The molecule has 65 heavy (non-hydrogen) atoms. The first kappa shape index (κ1) is 49.0. The predicted molar refractivity (Wildman–Crippen MR) is 301 cm³/mol. The Bertz CT molecular complexity index is 2240. The standard InChI is InChI=1S/C57H68S8/c1-5-9-13-17-21-41-25-29-45(58-41)49-33-37-53(62-49)57(54-38-34-50(63-54)46-30-26-42(59-46)22-18-14-10-6-2,55-39-35-51(64-55)47-31-27-43(60-47)23-19-15-11-7-3)56-40-36-52(65-56)48-32-28-44(61-48)24-20-16-12-8-4/h25-40H,5-24H2,1-4H3. The van der Waals surface area contributed by atoms with Crippen molar-refractivity contribution in [1.29, 1.82) is 0 Å². The van der Waals surface area contributed by atoms with Crippen LogP contribution in [0.2, 0.25) is 0 Å². The van der Waals surface area contributed by atoms with Gasteiger partial charge in [0, 0.05) is 78.0 Å². The maximum Gasteiger partial charge on any atom is 0.107 e. The molecule has 0 amide bonds. The summed E-state index contributed by atoms with van der Waals surface area (Å²) in [5.41, 5.74) is -0.432. The van der Waals surface area contributed by atoms with Gasteiger partial charge in [-0.05, 0) is 148 Å². The second-order valence-electron chi connectivity index (χ2n) is 17.7. The van der Waals surface area contributed by atoms with Crippen LogP contribution in [0.25, 0.3) is 39.0 Å². The Morgan fingerprint density at radius 2 is 0.462 bits per heavy atom. The van der Waals surface area contributed by atoms with Crippen LogP contribution in [0, 0.1) is 0 Å². The van der Waals surface area contributed by atoms with Crippen LogP contribution in [0.4, 0.5) is 0 Å². The van der Waals surface area contributed by atoms with Gasteiger partial charge in [-0.2, -0.15) is 0 Å². The van der Waals surface area contributed by atoms with Crippen molar-refractivity contribution < 1.29 is 0 Å². The van der Waals surface area contributed by atoms with Crippen LogP contribution in [0.5, 0.6) is 0 Å². The van der Waals surface area contributed by atoms with Gasteiger partial charge in [0.15, 0.2) is 0 Å². The molecule has 0 aromatic carbocycles. The number of unbranched alkanes of at least 4 members (excludes halogenated alkanes) is 12. The molecule has 8 aromatic heterocycles. The summed E-state index contributed by atoms with van der Waals surface area (Å²) in [7, 11) is 0. The minimum Gasteiger partial charge on any atom is -0.139 e. The monoisotopic (exact) mass is 1010 g/mol. The highest BCUT2D eigenvalue weighted by Crippen LogP contribution is 2.57. The predicted octanol–water partition coefficient (Wildman–Crippen LogP) is 21.7. The summed E-state index contributed by atoms with van der Waals surface area (Å²) in [5.74, 6) is 0. The molecule has 8 rings (SSSR count). The molecule has 0 bridgehead atoms. The maximum atomic E-state index is 2.50. The summed E-state index contributed by atoms with van der Waals surface area (Å²) >= 11 is 16.2. The Morgan fingerprint density at radius 1 is 0.246 bits per heavy atom. The quantitative estimate of drug-likeness (QED) is 0.0429. The lowest BCUT2D eigenvalue weighted by atomic mass is 9.81. The molecule has 8 heteroatoms. The van der Waals surface area contributed by atoms with Gasteiger partial charge in [-0.3, -0.25) is 0 Å². The summed E-state index contributed by atoms with van der Waals surface area (Å²) in [6.45, 7) is 9.22. The number of rotatable bonds is 28. The van der Waals surface area contributed by atoms with Gasteiger partial charge in [-0.1, -0.05) is 105 Å². The second-order valence-corrected chi connectivity index (χ2v) is 26.7. The normalized spacial score (nSPS) is 12.0. The Hall–Kier alpha value is -2.40. The fraction of sp³-hybridized carbons (Fsp3) is 0.439. The summed E-state index contributed by atoms with van der Waals surface area (Å²) in [6, 6.07) is 39.0. The van der Waals surface area contributed by atoms with Gasteiger partial charge in [0.1, 0.15) is 5.41 Å². The van der Waals surface area contributed by atoms with Crippen molar-refractivity contribution in [2.45, 2.75) is 162 Å². The van der Waals surface area contributed by atoms with Crippen molar-refractivity contribution in [3.8, 4) is 39.0 Å². The highest BCUT2D eigenvalue weighted by atomic mass is 32.1. The topological polar surface area (TPSA) is 0 Å². The zero-order chi connectivity index (χ0) is 44.9. The third-order valence-electron chi connectivity index (χ3n) is 12.6. The SMILES string of the molecule is CCCCCCc1ccc(-c2ccc(C(c3ccc(-c4ccc(CCCCCC)s4)s3)(c3ccc(-c4ccc(CCCCCC)s4)s3)c3ccc(-c4ccc(CCCCCC)s4)s3)s2)s1. The Morgan fingerprint density at radius 3 is 0.692 bits per heavy atom. The minimum atomic E-state index is -0.432. The molecule has 0 unspecified atom stereocenters. The fourth-order valence-electron chi connectivity index (χ4n) is 8.90. The van der Waals surface area contributed by atoms with E-state index in [9.17, 15) is 0 Å². The molecule has 0 aliphatic rings. The first-order chi connectivity index (χ1) is 32.0. The largest absolute Gasteiger partial charge is 0.139 e. The smallest absolute Gasteiger partial charge is 0.107 e. The summed E-state index contributed by atoms with van der Waals surface area (Å²) in [4.78, 5) is 23.0. The van der Waals surface area contributed by atoms with Gasteiger partial charge in [-0.25, -0.2) is 0 Å². The van der Waals surface area contributed by atoms with E-state index in [1.807, 2.05) is 90.7 Å². The van der Waals surface area contributed by atoms with Gasteiger partial charge < -0.3 is 0 Å². The van der Waals surface area contributed by atoms with E-state index in [-0.39, 0.29) is 0 Å². The second kappa shape index (κ2) is 24.8. The number of hydrogen-bond donors (Lipinski definition) is 0. The lowest BCUT2D eigenvalue weighted by Gasteiger charge is -2.31. The average molecular weight is 1010 g/mol. The van der Waals surface area contributed by atoms with E-state index in [0.717, 1.165) is 0 Å². The van der Waals surface area contributed by atoms with E-state index >= 15 is 0 Å². The molecule has 0 atom stereocenters. The molecule has 0 aliphatic heterocycles. The summed E-state index contributed by atoms with van der Waals surface area (Å²) < 4.78 is 0. The summed E-state index contributed by atoms with van der Waals surface area (Å²) in [6.07, 6.45) is 25.7. The Labute approximate surface area is 423 Å². The lowest BCUT2D eigenvalue weighted by Crippen LogP contribution is -2.26. The van der Waals surface area contributed by atoms with Crippen molar-refractivity contribution in [2.75, 3.05) is 0 Å². The molecule has 0 nitrogen and oxygen atoms in total. The molecule has 0 spiro atoms. The van der Waals surface area contributed by atoms with Gasteiger partial charge >= 0.3 is 0 Å². The zero-order valence-corrected chi connectivity index (χ0v) is 45.7. The Kier molecular flexibility index (Phi) is 18.7. The molecular formula is C57H68S8. The van der Waals surface area contributed by atoms with Gasteiger partial charge in [0.05, 0.1) is 0 Å². The molecule has 8 heterocycles. The number of thiophene rings is 8. The van der Waals surface area contributed by atoms with E-state index in [1.165, 1.54) is 206 Å². The molecule has 0 aliphatic carbocycles. The molecule has 0 radical (unpaired) electrons. The van der Waals surface area contributed by atoms with Crippen molar-refractivity contribution in [3.63, 3.8) is 0 Å². The minimum absolute atomic E-state index is 0.432. The molecule has 0 saturated carbocycles.